The van der Waals surface area contributed by atoms with E-state index in [1.807, 2.05) is 18.2 Å². The zero-order chi connectivity index (χ0) is 24.1. The number of rotatable bonds is 8. The van der Waals surface area contributed by atoms with Gasteiger partial charge >= 0.3 is 0 Å². The van der Waals surface area contributed by atoms with Gasteiger partial charge in [-0.15, -0.1) is 0 Å². The van der Waals surface area contributed by atoms with Crippen LogP contribution >= 0.6 is 34.8 Å². The lowest BCUT2D eigenvalue weighted by atomic mass is 10.1. The number of hydrogen-bond acceptors (Lipinski definition) is 4. The van der Waals surface area contributed by atoms with E-state index < -0.39 is 17.5 Å². The summed E-state index contributed by atoms with van der Waals surface area (Å²) in [5.74, 6) is -2.11. The number of methoxy groups -OCH3 is 2. The Bertz CT molecular complexity index is 1140. The van der Waals surface area contributed by atoms with Gasteiger partial charge in [-0.1, -0.05) is 6.07 Å². The molecule has 0 aliphatic rings. The van der Waals surface area contributed by atoms with Gasteiger partial charge in [0, 0.05) is 24.4 Å². The lowest BCUT2D eigenvalue weighted by molar-refractivity contribution is 0.354. The molecule has 0 atom stereocenters. The monoisotopic (exact) mass is 590 g/mol. The van der Waals surface area contributed by atoms with Crippen LogP contribution in [0, 0.1) is 27.9 Å². The molecule has 1 aromatic heterocycles. The fraction of sp³-hybridized carbons (Fsp3) is 0.273. The van der Waals surface area contributed by atoms with E-state index in [2.05, 4.69) is 15.7 Å². The average molecular weight is 590 g/mol. The molecule has 3 rings (SSSR count). The van der Waals surface area contributed by atoms with Crippen molar-refractivity contribution < 1.29 is 22.6 Å². The Morgan fingerprint density at radius 3 is 2.52 bits per heavy atom. The van der Waals surface area contributed by atoms with E-state index >= 15 is 0 Å². The first-order valence-electron chi connectivity index (χ1n) is 9.85. The van der Waals surface area contributed by atoms with Crippen molar-refractivity contribution in [2.24, 2.45) is 0 Å². The summed E-state index contributed by atoms with van der Waals surface area (Å²) in [6.07, 6.45) is 2.30. The number of nitrogens with zero attached hydrogens (tertiary/aromatic N) is 2. The van der Waals surface area contributed by atoms with Crippen molar-refractivity contribution in [3.05, 3.63) is 68.2 Å². The SMILES string of the molecule is COc1ccc(CCNC(=S)Nc2ccn(Cc3c(C)c(I)c(F)c(F)c3F)n2)cc1OC. The molecule has 33 heavy (non-hydrogen) atoms. The molecule has 176 valence electrons. The lowest BCUT2D eigenvalue weighted by Crippen LogP contribution is -2.30. The Morgan fingerprint density at radius 1 is 1.09 bits per heavy atom. The quantitative estimate of drug-likeness (QED) is 0.170. The number of thiocarbonyl (C=S) groups is 1. The summed E-state index contributed by atoms with van der Waals surface area (Å²) in [6.45, 7) is 2.06. The molecule has 11 heteroatoms. The average Bonchev–Trinajstić information content (AvgIpc) is 3.25. The highest BCUT2D eigenvalue weighted by molar-refractivity contribution is 14.1. The summed E-state index contributed by atoms with van der Waals surface area (Å²) in [7, 11) is 3.17. The number of ether oxygens (including phenoxy) is 2. The van der Waals surface area contributed by atoms with Crippen LogP contribution in [0.15, 0.2) is 30.5 Å². The second-order valence-corrected chi connectivity index (χ2v) is 8.57. The van der Waals surface area contributed by atoms with Gasteiger partial charge in [-0.25, -0.2) is 13.2 Å². The Morgan fingerprint density at radius 2 is 1.82 bits per heavy atom. The van der Waals surface area contributed by atoms with Crippen molar-refractivity contribution in [2.75, 3.05) is 26.1 Å². The molecular weight excluding hydrogens is 568 g/mol. The van der Waals surface area contributed by atoms with E-state index in [1.165, 1.54) is 4.68 Å². The third kappa shape index (κ3) is 5.88. The van der Waals surface area contributed by atoms with E-state index in [0.29, 0.717) is 41.0 Å². The fourth-order valence-corrected chi connectivity index (χ4v) is 3.94. The lowest BCUT2D eigenvalue weighted by Gasteiger charge is -2.12. The second kappa shape index (κ2) is 11.1. The first kappa shape index (κ1) is 25.1. The molecule has 0 aliphatic heterocycles. The van der Waals surface area contributed by atoms with Crippen LogP contribution in [-0.2, 0) is 13.0 Å². The number of anilines is 1. The Hall–Kier alpha value is -2.54. The summed E-state index contributed by atoms with van der Waals surface area (Å²) >= 11 is 6.96. The number of hydrogen-bond donors (Lipinski definition) is 2. The third-order valence-electron chi connectivity index (χ3n) is 4.97. The minimum Gasteiger partial charge on any atom is -0.493 e. The second-order valence-electron chi connectivity index (χ2n) is 7.08. The standard InChI is InChI=1S/C22H22F3IN4O2S/c1-12-14(18(23)19(24)20(25)21(12)26)11-30-9-7-17(29-30)28-22(33)27-8-6-13-4-5-15(31-2)16(10-13)32-3/h4-5,7,9-10H,6,8,11H2,1-3H3,(H2,27,28,29,33). The summed E-state index contributed by atoms with van der Waals surface area (Å²) < 4.78 is 53.8. The number of aromatic nitrogens is 2. The van der Waals surface area contributed by atoms with Gasteiger partial charge in [-0.2, -0.15) is 5.10 Å². The van der Waals surface area contributed by atoms with E-state index in [9.17, 15) is 13.2 Å². The van der Waals surface area contributed by atoms with E-state index in [0.717, 1.165) is 5.56 Å². The number of halogens is 4. The van der Waals surface area contributed by atoms with Gasteiger partial charge in [0.2, 0.25) is 0 Å². The minimum absolute atomic E-state index is 0.0450. The molecular formula is C22H22F3IN4O2S. The summed E-state index contributed by atoms with van der Waals surface area (Å²) in [6, 6.07) is 7.34. The van der Waals surface area contributed by atoms with Gasteiger partial charge in [0.15, 0.2) is 39.9 Å². The largest absolute Gasteiger partial charge is 0.493 e. The maximum absolute atomic E-state index is 14.3. The van der Waals surface area contributed by atoms with Crippen LogP contribution in [0.2, 0.25) is 0 Å². The van der Waals surface area contributed by atoms with Crippen molar-refractivity contribution in [1.82, 2.24) is 15.1 Å². The zero-order valence-corrected chi connectivity index (χ0v) is 21.1. The highest BCUT2D eigenvalue weighted by Crippen LogP contribution is 2.28. The Balaban J connectivity index is 1.56. The minimum atomic E-state index is -1.48. The highest BCUT2D eigenvalue weighted by Gasteiger charge is 2.21. The van der Waals surface area contributed by atoms with E-state index in [4.69, 9.17) is 21.7 Å². The highest BCUT2D eigenvalue weighted by atomic mass is 127. The molecule has 0 fully saturated rings. The predicted octanol–water partition coefficient (Wildman–Crippen LogP) is 4.81. The maximum atomic E-state index is 14.3. The summed E-state index contributed by atoms with van der Waals surface area (Å²) in [5, 5.41) is 10.7. The molecule has 0 saturated carbocycles. The van der Waals surface area contributed by atoms with Crippen molar-refractivity contribution in [3.8, 4) is 11.5 Å². The van der Waals surface area contributed by atoms with Gasteiger partial charge in [0.05, 0.1) is 24.3 Å². The molecule has 0 spiro atoms. The smallest absolute Gasteiger partial charge is 0.195 e. The number of benzene rings is 2. The van der Waals surface area contributed by atoms with Crippen molar-refractivity contribution in [1.29, 1.82) is 0 Å². The number of nitrogens with one attached hydrogen (secondary N) is 2. The molecule has 3 aromatic rings. The molecule has 0 bridgehead atoms. The topological polar surface area (TPSA) is 60.3 Å². The first-order chi connectivity index (χ1) is 15.7. The molecule has 0 saturated heterocycles. The van der Waals surface area contributed by atoms with Gasteiger partial charge in [-0.3, -0.25) is 4.68 Å². The molecule has 0 radical (unpaired) electrons. The summed E-state index contributed by atoms with van der Waals surface area (Å²) in [5.41, 5.74) is 1.43. The van der Waals surface area contributed by atoms with Gasteiger partial charge in [-0.05, 0) is 71.4 Å². The Labute approximate surface area is 208 Å². The maximum Gasteiger partial charge on any atom is 0.195 e. The first-order valence-corrected chi connectivity index (χ1v) is 11.3. The molecule has 2 N–H and O–H groups in total. The van der Waals surface area contributed by atoms with Crippen LogP contribution in [0.25, 0.3) is 0 Å². The van der Waals surface area contributed by atoms with Crippen molar-refractivity contribution >= 4 is 45.7 Å². The normalized spacial score (nSPS) is 10.8. The van der Waals surface area contributed by atoms with Gasteiger partial charge < -0.3 is 20.1 Å². The van der Waals surface area contributed by atoms with Crippen molar-refractivity contribution in [2.45, 2.75) is 19.9 Å². The van der Waals surface area contributed by atoms with Gasteiger partial charge in [0.1, 0.15) is 0 Å². The van der Waals surface area contributed by atoms with Crippen molar-refractivity contribution in [3.63, 3.8) is 0 Å². The van der Waals surface area contributed by atoms with Crippen LogP contribution in [0.3, 0.4) is 0 Å². The molecule has 0 amide bonds. The third-order valence-corrected chi connectivity index (χ3v) is 6.50. The van der Waals surface area contributed by atoms with Crippen LogP contribution < -0.4 is 20.1 Å². The molecule has 1 heterocycles. The van der Waals surface area contributed by atoms with Gasteiger partial charge in [0.25, 0.3) is 0 Å². The van der Waals surface area contributed by atoms with Crippen LogP contribution in [0.1, 0.15) is 16.7 Å². The Kier molecular flexibility index (Phi) is 8.40. The molecule has 2 aromatic carbocycles. The van der Waals surface area contributed by atoms with Crippen LogP contribution in [0.4, 0.5) is 19.0 Å². The fourth-order valence-electron chi connectivity index (χ4n) is 3.17. The molecule has 0 unspecified atom stereocenters. The molecule has 6 nitrogen and oxygen atoms in total. The predicted molar refractivity (Wildman–Crippen MR) is 133 cm³/mol. The van der Waals surface area contributed by atoms with E-state index in [-0.39, 0.29) is 15.7 Å². The van der Waals surface area contributed by atoms with E-state index in [1.54, 1.807) is 56.0 Å². The zero-order valence-electron chi connectivity index (χ0n) is 18.1. The summed E-state index contributed by atoms with van der Waals surface area (Å²) in [4.78, 5) is 0. The van der Waals surface area contributed by atoms with Crippen LogP contribution in [-0.4, -0.2) is 35.7 Å². The van der Waals surface area contributed by atoms with Crippen LogP contribution in [0.5, 0.6) is 11.5 Å². The molecule has 0 aliphatic carbocycles.